The van der Waals surface area contributed by atoms with Crippen LogP contribution >= 0.6 is 0 Å². The highest BCUT2D eigenvalue weighted by Gasteiger charge is 2.13. The number of hydrogen-bond donors (Lipinski definition) is 0. The maximum absolute atomic E-state index is 6.16. The molecule has 0 amide bonds. The van der Waals surface area contributed by atoms with Gasteiger partial charge in [0.1, 0.15) is 12.4 Å². The number of para-hydroxylation sites is 4. The van der Waals surface area contributed by atoms with Crippen LogP contribution in [0.4, 0.5) is 0 Å². The largest absolute Gasteiger partial charge is 0.493 e. The number of hydrogen-bond acceptors (Lipinski definition) is 5. The van der Waals surface area contributed by atoms with E-state index in [1.54, 1.807) is 14.2 Å². The molecule has 6 nitrogen and oxygen atoms in total. The highest BCUT2D eigenvalue weighted by atomic mass is 16.5. The fourth-order valence-electron chi connectivity index (χ4n) is 4.02. The Morgan fingerprint density at radius 1 is 0.800 bits per heavy atom. The molecule has 0 N–H and O–H groups in total. The minimum absolute atomic E-state index is 0.353. The average molecular weight is 473 g/mol. The van der Waals surface area contributed by atoms with E-state index in [1.165, 1.54) is 0 Å². The molecule has 35 heavy (non-hydrogen) atoms. The van der Waals surface area contributed by atoms with Crippen molar-refractivity contribution in [3.8, 4) is 23.0 Å². The van der Waals surface area contributed by atoms with Crippen molar-refractivity contribution in [2.24, 2.45) is 0 Å². The molecular weight excluding hydrogens is 440 g/mol. The predicted molar refractivity (Wildman–Crippen MR) is 139 cm³/mol. The number of aryl methyl sites for hydroxylation is 1. The molecule has 0 radical (unpaired) electrons. The number of benzene rings is 3. The van der Waals surface area contributed by atoms with Crippen LogP contribution in [0.2, 0.25) is 0 Å². The van der Waals surface area contributed by atoms with E-state index < -0.39 is 0 Å². The molecular formula is C29H32N2O4. The Morgan fingerprint density at radius 3 is 2.34 bits per heavy atom. The van der Waals surface area contributed by atoms with E-state index in [-0.39, 0.29) is 0 Å². The molecule has 1 aromatic heterocycles. The van der Waals surface area contributed by atoms with Gasteiger partial charge in [0.25, 0.3) is 0 Å². The van der Waals surface area contributed by atoms with Crippen LogP contribution in [0.1, 0.15) is 31.2 Å². The van der Waals surface area contributed by atoms with Crippen LogP contribution in [0, 0.1) is 0 Å². The number of imidazole rings is 1. The van der Waals surface area contributed by atoms with E-state index in [9.17, 15) is 0 Å². The lowest BCUT2D eigenvalue weighted by Gasteiger charge is -2.13. The minimum Gasteiger partial charge on any atom is -0.493 e. The molecule has 1 heterocycles. The lowest BCUT2D eigenvalue weighted by Crippen LogP contribution is -2.09. The Hall–Kier alpha value is -3.93. The van der Waals surface area contributed by atoms with Crippen molar-refractivity contribution in [3.63, 3.8) is 0 Å². The summed E-state index contributed by atoms with van der Waals surface area (Å²) in [6, 6.07) is 21.8. The second-order valence-electron chi connectivity index (χ2n) is 8.07. The fraction of sp³-hybridized carbons (Fsp3) is 0.276. The van der Waals surface area contributed by atoms with E-state index >= 15 is 0 Å². The zero-order valence-corrected chi connectivity index (χ0v) is 20.6. The topological polar surface area (TPSA) is 54.7 Å². The molecule has 3 aromatic carbocycles. The maximum atomic E-state index is 6.16. The summed E-state index contributed by atoms with van der Waals surface area (Å²) in [5.41, 5.74) is 3.14. The van der Waals surface area contributed by atoms with Crippen LogP contribution in [0.25, 0.3) is 17.1 Å². The van der Waals surface area contributed by atoms with E-state index in [1.807, 2.05) is 79.7 Å². The molecule has 0 unspecified atom stereocenters. The van der Waals surface area contributed by atoms with Crippen molar-refractivity contribution in [1.82, 2.24) is 9.55 Å². The highest BCUT2D eigenvalue weighted by molar-refractivity contribution is 5.75. The number of ether oxygens (including phenoxy) is 4. The smallest absolute Gasteiger partial charge is 0.161 e. The van der Waals surface area contributed by atoms with Gasteiger partial charge in [0, 0.05) is 6.54 Å². The van der Waals surface area contributed by atoms with Crippen LogP contribution in [0.5, 0.6) is 23.0 Å². The second-order valence-corrected chi connectivity index (χ2v) is 8.07. The van der Waals surface area contributed by atoms with Gasteiger partial charge in [-0.3, -0.25) is 0 Å². The molecule has 0 aliphatic heterocycles. The lowest BCUT2D eigenvalue weighted by atomic mass is 10.2. The maximum Gasteiger partial charge on any atom is 0.161 e. The molecule has 182 valence electrons. The number of allylic oxidation sites excluding steroid dienone is 1. The van der Waals surface area contributed by atoms with Gasteiger partial charge in [0.05, 0.1) is 31.9 Å². The monoisotopic (exact) mass is 472 g/mol. The van der Waals surface area contributed by atoms with Crippen LogP contribution in [-0.2, 0) is 13.2 Å². The third kappa shape index (κ3) is 5.96. The molecule has 0 atom stereocenters. The highest BCUT2D eigenvalue weighted by Crippen LogP contribution is 2.30. The number of unbranched alkanes of at least 4 members (excludes halogenated alkanes) is 1. The molecule has 4 aromatic rings. The molecule has 0 saturated carbocycles. The molecule has 0 saturated heterocycles. The van der Waals surface area contributed by atoms with Crippen molar-refractivity contribution >= 4 is 17.1 Å². The number of aromatic nitrogens is 2. The first-order valence-electron chi connectivity index (χ1n) is 11.9. The average Bonchev–Trinajstić information content (AvgIpc) is 3.25. The third-order valence-electron chi connectivity index (χ3n) is 5.74. The van der Waals surface area contributed by atoms with Crippen LogP contribution < -0.4 is 18.9 Å². The normalized spacial score (nSPS) is 11.2. The number of nitrogens with zero attached hydrogens (tertiary/aromatic N) is 2. The summed E-state index contributed by atoms with van der Waals surface area (Å²) in [5.74, 6) is 3.81. The van der Waals surface area contributed by atoms with Gasteiger partial charge in [-0.2, -0.15) is 0 Å². The Labute approximate surface area is 206 Å². The predicted octanol–water partition coefficient (Wildman–Crippen LogP) is 6.52. The fourth-order valence-corrected chi connectivity index (χ4v) is 4.02. The number of methoxy groups -OCH3 is 2. The number of rotatable bonds is 12. The van der Waals surface area contributed by atoms with Gasteiger partial charge in [-0.1, -0.05) is 42.5 Å². The molecule has 0 aliphatic carbocycles. The zero-order chi connectivity index (χ0) is 24.5. The van der Waals surface area contributed by atoms with E-state index in [4.69, 9.17) is 23.9 Å². The standard InChI is InChI=1S/C29H32N2O4/c1-4-11-22-16-17-27(28(20-22)33-3)35-21-29-30-23-12-5-6-13-24(23)31(29)18-9-10-19-34-26-15-8-7-14-25(26)32-2/h4-8,11-17,20H,9-10,18-19,21H2,1-3H3/b11-4-. The SMILES string of the molecule is C/C=C\c1ccc(OCc2nc3ccccc3n2CCCCOc2ccccc2OC)c(OC)c1. The van der Waals surface area contributed by atoms with E-state index in [0.717, 1.165) is 53.3 Å². The third-order valence-corrected chi connectivity index (χ3v) is 5.74. The first kappa shape index (κ1) is 24.2. The van der Waals surface area contributed by atoms with Gasteiger partial charge in [0.15, 0.2) is 23.0 Å². The van der Waals surface area contributed by atoms with Gasteiger partial charge >= 0.3 is 0 Å². The molecule has 0 spiro atoms. The van der Waals surface area contributed by atoms with Gasteiger partial charge in [-0.25, -0.2) is 4.98 Å². The molecule has 4 rings (SSSR count). The molecule has 0 bridgehead atoms. The minimum atomic E-state index is 0.353. The van der Waals surface area contributed by atoms with Crippen molar-refractivity contribution < 1.29 is 18.9 Å². The Balaban J connectivity index is 1.42. The summed E-state index contributed by atoms with van der Waals surface area (Å²) in [7, 11) is 3.31. The van der Waals surface area contributed by atoms with Gasteiger partial charge in [-0.15, -0.1) is 0 Å². The zero-order valence-electron chi connectivity index (χ0n) is 20.6. The summed E-state index contributed by atoms with van der Waals surface area (Å²) in [5, 5.41) is 0. The molecule has 0 fully saturated rings. The van der Waals surface area contributed by atoms with Crippen LogP contribution in [0.15, 0.2) is 72.8 Å². The van der Waals surface area contributed by atoms with Gasteiger partial charge < -0.3 is 23.5 Å². The molecule has 6 heteroatoms. The first-order chi connectivity index (χ1) is 17.2. The van der Waals surface area contributed by atoms with Crippen molar-refractivity contribution in [3.05, 3.63) is 84.2 Å². The summed E-state index contributed by atoms with van der Waals surface area (Å²) < 4.78 is 25.2. The second kappa shape index (κ2) is 12.0. The van der Waals surface area contributed by atoms with Gasteiger partial charge in [0.2, 0.25) is 0 Å². The van der Waals surface area contributed by atoms with Gasteiger partial charge in [-0.05, 0) is 61.7 Å². The lowest BCUT2D eigenvalue weighted by molar-refractivity contribution is 0.268. The summed E-state index contributed by atoms with van der Waals surface area (Å²) in [6.07, 6.45) is 5.89. The first-order valence-corrected chi connectivity index (χ1v) is 11.9. The summed E-state index contributed by atoms with van der Waals surface area (Å²) in [6.45, 7) is 3.79. The van der Waals surface area contributed by atoms with Crippen LogP contribution in [-0.4, -0.2) is 30.4 Å². The van der Waals surface area contributed by atoms with Crippen molar-refractivity contribution in [2.45, 2.75) is 32.9 Å². The summed E-state index contributed by atoms with van der Waals surface area (Å²) in [4.78, 5) is 4.84. The van der Waals surface area contributed by atoms with Crippen molar-refractivity contribution in [2.75, 3.05) is 20.8 Å². The number of fused-ring (bicyclic) bond motifs is 1. The summed E-state index contributed by atoms with van der Waals surface area (Å²) >= 11 is 0. The van der Waals surface area contributed by atoms with E-state index in [0.29, 0.717) is 24.7 Å². The Bertz CT molecular complexity index is 1280. The Kier molecular flexibility index (Phi) is 8.28. The Morgan fingerprint density at radius 2 is 1.54 bits per heavy atom. The van der Waals surface area contributed by atoms with Crippen molar-refractivity contribution in [1.29, 1.82) is 0 Å². The molecule has 0 aliphatic rings. The quantitative estimate of drug-likeness (QED) is 0.220. The van der Waals surface area contributed by atoms with Crippen LogP contribution in [0.3, 0.4) is 0 Å². The van der Waals surface area contributed by atoms with E-state index in [2.05, 4.69) is 10.6 Å².